The first-order valence-corrected chi connectivity index (χ1v) is 8.88. The van der Waals surface area contributed by atoms with Gasteiger partial charge in [-0.1, -0.05) is 19.1 Å². The normalized spacial score (nSPS) is 25.7. The Bertz CT molecular complexity index is 531. The highest BCUT2D eigenvalue weighted by atomic mass is 19.1. The molecule has 2 fully saturated rings. The Morgan fingerprint density at radius 2 is 1.91 bits per heavy atom. The molecule has 2 saturated heterocycles. The molecule has 4 heteroatoms. The summed E-state index contributed by atoms with van der Waals surface area (Å²) in [6.45, 7) is 5.60. The minimum absolute atomic E-state index is 0.188. The van der Waals surface area contributed by atoms with Gasteiger partial charge in [0.25, 0.3) is 0 Å². The first-order valence-electron chi connectivity index (χ1n) is 8.88. The lowest BCUT2D eigenvalue weighted by atomic mass is 10.0. The van der Waals surface area contributed by atoms with E-state index in [1.165, 1.54) is 18.6 Å². The van der Waals surface area contributed by atoms with Gasteiger partial charge in [-0.15, -0.1) is 0 Å². The molecule has 0 spiro atoms. The zero-order valence-electron chi connectivity index (χ0n) is 14.0. The van der Waals surface area contributed by atoms with E-state index in [1.54, 1.807) is 0 Å². The lowest BCUT2D eigenvalue weighted by Crippen LogP contribution is -2.46. The van der Waals surface area contributed by atoms with Crippen LogP contribution < -0.4 is 0 Å². The summed E-state index contributed by atoms with van der Waals surface area (Å²) in [6.07, 6.45) is 5.55. The van der Waals surface area contributed by atoms with Crippen LogP contribution in [0.3, 0.4) is 0 Å². The van der Waals surface area contributed by atoms with Gasteiger partial charge >= 0.3 is 0 Å². The van der Waals surface area contributed by atoms with Gasteiger partial charge in [-0.05, 0) is 62.3 Å². The number of carbonyl (C=O) groups is 1. The predicted molar refractivity (Wildman–Crippen MR) is 89.7 cm³/mol. The minimum atomic E-state index is -0.188. The van der Waals surface area contributed by atoms with Crippen molar-refractivity contribution in [2.24, 2.45) is 5.92 Å². The maximum Gasteiger partial charge on any atom is 0.236 e. The Labute approximate surface area is 138 Å². The van der Waals surface area contributed by atoms with Crippen molar-refractivity contribution in [1.82, 2.24) is 9.80 Å². The molecule has 1 aromatic rings. The standard InChI is InChI=1S/C19H27FN2O/c1-15-4-2-11-22(13-15)19(23)14-21-10-3-5-18(21)12-16-6-8-17(20)9-7-16/h6-9,15,18H,2-5,10-14H2,1H3/t15-,18+/m1/s1. The fraction of sp³-hybridized carbons (Fsp3) is 0.632. The number of hydrogen-bond acceptors (Lipinski definition) is 2. The maximum atomic E-state index is 13.0. The molecule has 2 heterocycles. The highest BCUT2D eigenvalue weighted by Gasteiger charge is 2.29. The van der Waals surface area contributed by atoms with Gasteiger partial charge in [-0.3, -0.25) is 9.69 Å². The molecule has 23 heavy (non-hydrogen) atoms. The average molecular weight is 318 g/mol. The fourth-order valence-corrected chi connectivity index (χ4v) is 3.92. The van der Waals surface area contributed by atoms with Crippen LogP contribution in [0.5, 0.6) is 0 Å². The molecule has 2 aliphatic heterocycles. The summed E-state index contributed by atoms with van der Waals surface area (Å²) in [5.41, 5.74) is 1.15. The molecule has 1 amide bonds. The highest BCUT2D eigenvalue weighted by Crippen LogP contribution is 2.22. The molecule has 2 atom stereocenters. The first kappa shape index (κ1) is 16.4. The molecule has 1 aromatic carbocycles. The smallest absolute Gasteiger partial charge is 0.236 e. The molecule has 0 unspecified atom stereocenters. The van der Waals surface area contributed by atoms with Gasteiger partial charge < -0.3 is 4.90 Å². The Kier molecular flexibility index (Phi) is 5.31. The van der Waals surface area contributed by atoms with Crippen LogP contribution >= 0.6 is 0 Å². The number of benzene rings is 1. The Morgan fingerprint density at radius 1 is 1.17 bits per heavy atom. The maximum absolute atomic E-state index is 13.0. The number of amides is 1. The predicted octanol–water partition coefficient (Wildman–Crippen LogP) is 3.09. The van der Waals surface area contributed by atoms with Crippen LogP contribution in [0.4, 0.5) is 4.39 Å². The molecular formula is C19H27FN2O. The average Bonchev–Trinajstić information content (AvgIpc) is 2.96. The largest absolute Gasteiger partial charge is 0.341 e. The van der Waals surface area contributed by atoms with Crippen molar-refractivity contribution >= 4 is 5.91 Å². The molecule has 0 aromatic heterocycles. The molecule has 3 nitrogen and oxygen atoms in total. The molecule has 2 aliphatic rings. The minimum Gasteiger partial charge on any atom is -0.341 e. The van der Waals surface area contributed by atoms with E-state index in [4.69, 9.17) is 0 Å². The van der Waals surface area contributed by atoms with Crippen LogP contribution in [-0.4, -0.2) is 47.9 Å². The van der Waals surface area contributed by atoms with Gasteiger partial charge in [0.15, 0.2) is 0 Å². The van der Waals surface area contributed by atoms with Gasteiger partial charge in [-0.25, -0.2) is 4.39 Å². The van der Waals surface area contributed by atoms with Gasteiger partial charge in [0, 0.05) is 19.1 Å². The quantitative estimate of drug-likeness (QED) is 0.852. The molecule has 0 saturated carbocycles. The fourth-order valence-electron chi connectivity index (χ4n) is 3.92. The second-order valence-electron chi connectivity index (χ2n) is 7.18. The van der Waals surface area contributed by atoms with Gasteiger partial charge in [0.05, 0.1) is 6.54 Å². The molecular weight excluding hydrogens is 291 g/mol. The molecule has 0 aliphatic carbocycles. The Morgan fingerprint density at radius 3 is 2.65 bits per heavy atom. The van der Waals surface area contributed by atoms with Crippen molar-refractivity contribution in [3.8, 4) is 0 Å². The monoisotopic (exact) mass is 318 g/mol. The van der Waals surface area contributed by atoms with Crippen LogP contribution in [0.1, 0.15) is 38.2 Å². The SMILES string of the molecule is C[C@@H]1CCCN(C(=O)CN2CCC[C@H]2Cc2ccc(F)cc2)C1. The first-order chi connectivity index (χ1) is 11.1. The van der Waals surface area contributed by atoms with Crippen LogP contribution in [0, 0.1) is 11.7 Å². The lowest BCUT2D eigenvalue weighted by Gasteiger charge is -2.33. The second kappa shape index (κ2) is 7.43. The molecule has 3 rings (SSSR count). The highest BCUT2D eigenvalue weighted by molar-refractivity contribution is 5.78. The van der Waals surface area contributed by atoms with E-state index in [0.29, 0.717) is 18.5 Å². The van der Waals surface area contributed by atoms with Gasteiger partial charge in [0.1, 0.15) is 5.82 Å². The molecule has 126 valence electrons. The van der Waals surface area contributed by atoms with Crippen LogP contribution in [-0.2, 0) is 11.2 Å². The summed E-state index contributed by atoms with van der Waals surface area (Å²) in [5.74, 6) is 0.718. The van der Waals surface area contributed by atoms with E-state index in [-0.39, 0.29) is 11.7 Å². The number of hydrogen-bond donors (Lipinski definition) is 0. The van der Waals surface area contributed by atoms with Gasteiger partial charge in [0.2, 0.25) is 5.91 Å². The topological polar surface area (TPSA) is 23.6 Å². The lowest BCUT2D eigenvalue weighted by molar-refractivity contribution is -0.134. The second-order valence-corrected chi connectivity index (χ2v) is 7.18. The third-order valence-corrected chi connectivity index (χ3v) is 5.23. The summed E-state index contributed by atoms with van der Waals surface area (Å²) >= 11 is 0. The van der Waals surface area contributed by atoms with Crippen molar-refractivity contribution in [3.63, 3.8) is 0 Å². The van der Waals surface area contributed by atoms with Crippen molar-refractivity contribution in [3.05, 3.63) is 35.6 Å². The van der Waals surface area contributed by atoms with E-state index in [0.717, 1.165) is 50.9 Å². The summed E-state index contributed by atoms with van der Waals surface area (Å²) in [6, 6.07) is 7.18. The van der Waals surface area contributed by atoms with Crippen LogP contribution in [0.25, 0.3) is 0 Å². The summed E-state index contributed by atoms with van der Waals surface area (Å²) in [5, 5.41) is 0. The molecule has 0 bridgehead atoms. The van der Waals surface area contributed by atoms with E-state index in [2.05, 4.69) is 11.8 Å². The van der Waals surface area contributed by atoms with Crippen molar-refractivity contribution < 1.29 is 9.18 Å². The summed E-state index contributed by atoms with van der Waals surface area (Å²) in [7, 11) is 0. The van der Waals surface area contributed by atoms with Crippen molar-refractivity contribution in [2.75, 3.05) is 26.2 Å². The third-order valence-electron chi connectivity index (χ3n) is 5.23. The number of halogens is 1. The van der Waals surface area contributed by atoms with E-state index in [1.807, 2.05) is 17.0 Å². The van der Waals surface area contributed by atoms with Crippen LogP contribution in [0.2, 0.25) is 0 Å². The van der Waals surface area contributed by atoms with E-state index in [9.17, 15) is 9.18 Å². The Balaban J connectivity index is 1.56. The number of piperidine rings is 1. The number of likely N-dealkylation sites (tertiary alicyclic amines) is 2. The van der Waals surface area contributed by atoms with E-state index >= 15 is 0 Å². The zero-order chi connectivity index (χ0) is 16.2. The molecule has 0 N–H and O–H groups in total. The number of rotatable bonds is 4. The number of carbonyl (C=O) groups excluding carboxylic acids is 1. The summed E-state index contributed by atoms with van der Waals surface area (Å²) in [4.78, 5) is 16.9. The third kappa shape index (κ3) is 4.31. The number of nitrogens with zero attached hydrogens (tertiary/aromatic N) is 2. The van der Waals surface area contributed by atoms with Crippen molar-refractivity contribution in [1.29, 1.82) is 0 Å². The van der Waals surface area contributed by atoms with E-state index < -0.39 is 0 Å². The molecule has 0 radical (unpaired) electrons. The Hall–Kier alpha value is -1.42. The van der Waals surface area contributed by atoms with Gasteiger partial charge in [-0.2, -0.15) is 0 Å². The van der Waals surface area contributed by atoms with Crippen molar-refractivity contribution in [2.45, 2.75) is 45.1 Å². The summed E-state index contributed by atoms with van der Waals surface area (Å²) < 4.78 is 13.0. The van der Waals surface area contributed by atoms with Crippen LogP contribution in [0.15, 0.2) is 24.3 Å². The zero-order valence-corrected chi connectivity index (χ0v) is 14.0.